The van der Waals surface area contributed by atoms with Gasteiger partial charge in [-0.25, -0.2) is 4.39 Å². The zero-order valence-electron chi connectivity index (χ0n) is 9.29. The minimum absolute atomic E-state index is 0.267. The maximum Gasteiger partial charge on any atom is 0.143 e. The Morgan fingerprint density at radius 3 is 2.28 bits per heavy atom. The largest absolute Gasteiger partial charge is 0.359 e. The average Bonchev–Trinajstić information content (AvgIpc) is 3.11. The van der Waals surface area contributed by atoms with Crippen LogP contribution in [0.4, 0.5) is 4.39 Å². The fraction of sp³-hybridized carbons (Fsp3) is 0.143. The number of rotatable bonds is 2. The highest BCUT2D eigenvalue weighted by atomic mass is 35.5. The molecule has 0 amide bonds. The smallest absolute Gasteiger partial charge is 0.143 e. The molecule has 1 atom stereocenters. The Kier molecular flexibility index (Phi) is 2.81. The summed E-state index contributed by atoms with van der Waals surface area (Å²) in [4.78, 5) is 0. The van der Waals surface area contributed by atoms with Gasteiger partial charge in [-0.3, -0.25) is 0 Å². The van der Waals surface area contributed by atoms with Crippen LogP contribution >= 0.6 is 23.2 Å². The van der Waals surface area contributed by atoms with E-state index in [1.165, 1.54) is 12.1 Å². The number of hydrogen-bond donors (Lipinski definition) is 0. The molecule has 2 aromatic carbocycles. The van der Waals surface area contributed by atoms with Crippen LogP contribution in [0.3, 0.4) is 0 Å². The second-order valence-corrected chi connectivity index (χ2v) is 5.09. The number of ether oxygens (including phenoxy) is 1. The van der Waals surface area contributed by atoms with Gasteiger partial charge in [0.1, 0.15) is 11.4 Å². The predicted octanol–water partition coefficient (Wildman–Crippen LogP) is 4.41. The van der Waals surface area contributed by atoms with Crippen molar-refractivity contribution in [2.45, 2.75) is 5.60 Å². The molecule has 18 heavy (non-hydrogen) atoms. The highest BCUT2D eigenvalue weighted by Crippen LogP contribution is 2.47. The summed E-state index contributed by atoms with van der Waals surface area (Å²) < 4.78 is 18.5. The molecule has 92 valence electrons. The molecule has 2 aromatic rings. The molecule has 0 radical (unpaired) electrons. The van der Waals surface area contributed by atoms with Crippen molar-refractivity contribution in [1.82, 2.24) is 0 Å². The van der Waals surface area contributed by atoms with Gasteiger partial charge in [-0.15, -0.1) is 0 Å². The first-order valence-electron chi connectivity index (χ1n) is 5.47. The van der Waals surface area contributed by atoms with Crippen molar-refractivity contribution in [1.29, 1.82) is 0 Å². The number of halogens is 3. The van der Waals surface area contributed by atoms with Gasteiger partial charge in [0.05, 0.1) is 6.61 Å². The topological polar surface area (TPSA) is 12.5 Å². The SMILES string of the molecule is Fc1ccc(C2(c3ccc(Cl)cc3Cl)CO2)cc1. The zero-order valence-corrected chi connectivity index (χ0v) is 10.8. The number of benzene rings is 2. The van der Waals surface area contributed by atoms with E-state index in [1.807, 2.05) is 6.07 Å². The lowest BCUT2D eigenvalue weighted by Crippen LogP contribution is -2.11. The van der Waals surface area contributed by atoms with Crippen LogP contribution in [0, 0.1) is 5.82 Å². The van der Waals surface area contributed by atoms with Crippen LogP contribution in [-0.2, 0) is 10.3 Å². The minimum atomic E-state index is -0.546. The van der Waals surface area contributed by atoms with Crippen molar-refractivity contribution in [3.63, 3.8) is 0 Å². The molecule has 0 N–H and O–H groups in total. The second kappa shape index (κ2) is 4.23. The Bertz CT molecular complexity index is 591. The predicted molar refractivity (Wildman–Crippen MR) is 69.6 cm³/mol. The lowest BCUT2D eigenvalue weighted by atomic mass is 9.92. The molecule has 3 rings (SSSR count). The summed E-state index contributed by atoms with van der Waals surface area (Å²) >= 11 is 12.1. The molecule has 1 aliphatic rings. The van der Waals surface area contributed by atoms with Gasteiger partial charge in [0, 0.05) is 15.6 Å². The Hall–Kier alpha value is -1.09. The molecule has 0 aliphatic carbocycles. The summed E-state index contributed by atoms with van der Waals surface area (Å²) in [6.45, 7) is 0.542. The van der Waals surface area contributed by atoms with Gasteiger partial charge in [0.2, 0.25) is 0 Å². The van der Waals surface area contributed by atoms with Crippen LogP contribution in [0.1, 0.15) is 11.1 Å². The number of epoxide rings is 1. The standard InChI is InChI=1S/C14H9Cl2FO/c15-10-3-6-12(13(16)7-10)14(8-18-14)9-1-4-11(17)5-2-9/h1-7H,8H2. The van der Waals surface area contributed by atoms with Gasteiger partial charge < -0.3 is 4.74 Å². The van der Waals surface area contributed by atoms with E-state index in [1.54, 1.807) is 24.3 Å². The molecule has 0 aromatic heterocycles. The van der Waals surface area contributed by atoms with Crippen LogP contribution in [0.5, 0.6) is 0 Å². The van der Waals surface area contributed by atoms with E-state index in [9.17, 15) is 4.39 Å². The summed E-state index contributed by atoms with van der Waals surface area (Å²) in [5.41, 5.74) is 1.21. The first-order valence-corrected chi connectivity index (χ1v) is 6.23. The van der Waals surface area contributed by atoms with E-state index in [4.69, 9.17) is 27.9 Å². The molecule has 0 spiro atoms. The average molecular weight is 283 g/mol. The molecule has 1 fully saturated rings. The van der Waals surface area contributed by atoms with Gasteiger partial charge in [-0.05, 0) is 29.8 Å². The van der Waals surface area contributed by atoms with Crippen molar-refractivity contribution in [3.05, 3.63) is 69.5 Å². The van der Waals surface area contributed by atoms with Crippen molar-refractivity contribution in [3.8, 4) is 0 Å². The Labute approximate surface area is 114 Å². The molecule has 4 heteroatoms. The van der Waals surface area contributed by atoms with Crippen molar-refractivity contribution in [2.24, 2.45) is 0 Å². The van der Waals surface area contributed by atoms with Gasteiger partial charge in [-0.1, -0.05) is 41.4 Å². The van der Waals surface area contributed by atoms with E-state index in [0.29, 0.717) is 16.7 Å². The van der Waals surface area contributed by atoms with Gasteiger partial charge in [0.15, 0.2) is 0 Å². The zero-order chi connectivity index (χ0) is 12.8. The normalized spacial score (nSPS) is 21.9. The van der Waals surface area contributed by atoms with Crippen LogP contribution in [0.2, 0.25) is 10.0 Å². The molecule has 1 saturated heterocycles. The van der Waals surface area contributed by atoms with Crippen molar-refractivity contribution >= 4 is 23.2 Å². The Balaban J connectivity index is 2.07. The van der Waals surface area contributed by atoms with Crippen LogP contribution < -0.4 is 0 Å². The van der Waals surface area contributed by atoms with E-state index in [-0.39, 0.29) is 5.82 Å². The first-order chi connectivity index (χ1) is 8.62. The van der Waals surface area contributed by atoms with E-state index >= 15 is 0 Å². The molecular weight excluding hydrogens is 274 g/mol. The third kappa shape index (κ3) is 1.91. The quantitative estimate of drug-likeness (QED) is 0.744. The molecule has 1 heterocycles. The summed E-state index contributed by atoms with van der Waals surface area (Å²) in [5, 5.41) is 1.14. The first kappa shape index (κ1) is 12.0. The molecule has 1 nitrogen and oxygen atoms in total. The maximum absolute atomic E-state index is 12.9. The molecule has 1 aliphatic heterocycles. The number of hydrogen-bond acceptors (Lipinski definition) is 1. The molecule has 0 bridgehead atoms. The maximum atomic E-state index is 12.9. The highest BCUT2D eigenvalue weighted by molar-refractivity contribution is 6.35. The van der Waals surface area contributed by atoms with Gasteiger partial charge in [0.25, 0.3) is 0 Å². The van der Waals surface area contributed by atoms with Gasteiger partial charge >= 0.3 is 0 Å². The monoisotopic (exact) mass is 282 g/mol. The van der Waals surface area contributed by atoms with E-state index in [0.717, 1.165) is 11.1 Å². The molecule has 1 unspecified atom stereocenters. The van der Waals surface area contributed by atoms with E-state index in [2.05, 4.69) is 0 Å². The van der Waals surface area contributed by atoms with Gasteiger partial charge in [-0.2, -0.15) is 0 Å². The van der Waals surface area contributed by atoms with Crippen molar-refractivity contribution < 1.29 is 9.13 Å². The highest BCUT2D eigenvalue weighted by Gasteiger charge is 2.49. The fourth-order valence-corrected chi connectivity index (χ4v) is 2.65. The lowest BCUT2D eigenvalue weighted by Gasteiger charge is -2.14. The van der Waals surface area contributed by atoms with Crippen molar-refractivity contribution in [2.75, 3.05) is 6.61 Å². The molecular formula is C14H9Cl2FO. The third-order valence-electron chi connectivity index (χ3n) is 3.11. The fourth-order valence-electron chi connectivity index (χ4n) is 2.09. The Morgan fingerprint density at radius 2 is 1.72 bits per heavy atom. The van der Waals surface area contributed by atoms with E-state index < -0.39 is 5.60 Å². The lowest BCUT2D eigenvalue weighted by molar-refractivity contribution is 0.349. The summed E-state index contributed by atoms with van der Waals surface area (Å²) in [5.74, 6) is -0.267. The summed E-state index contributed by atoms with van der Waals surface area (Å²) in [7, 11) is 0. The van der Waals surface area contributed by atoms with Crippen LogP contribution in [0.15, 0.2) is 42.5 Å². The van der Waals surface area contributed by atoms with Crippen LogP contribution in [0.25, 0.3) is 0 Å². The Morgan fingerprint density at radius 1 is 1.06 bits per heavy atom. The summed E-state index contributed by atoms with van der Waals surface area (Å²) in [6.07, 6.45) is 0. The van der Waals surface area contributed by atoms with Crippen LogP contribution in [-0.4, -0.2) is 6.61 Å². The third-order valence-corrected chi connectivity index (χ3v) is 3.66. The molecule has 0 saturated carbocycles. The summed E-state index contributed by atoms with van der Waals surface area (Å²) in [6, 6.07) is 11.6. The second-order valence-electron chi connectivity index (χ2n) is 4.25. The minimum Gasteiger partial charge on any atom is -0.359 e.